The Bertz CT molecular complexity index is 595. The maximum Gasteiger partial charge on any atom is 0.190 e. The molecule has 0 aliphatic rings. The number of aromatic nitrogens is 1. The number of anilines is 2. The van der Waals surface area contributed by atoms with Gasteiger partial charge in [-0.3, -0.25) is 4.79 Å². The van der Waals surface area contributed by atoms with E-state index < -0.39 is 0 Å². The van der Waals surface area contributed by atoms with E-state index in [9.17, 15) is 4.79 Å². The summed E-state index contributed by atoms with van der Waals surface area (Å²) in [5.74, 6) is 0.787. The number of ether oxygens (including phenoxy) is 1. The zero-order chi connectivity index (χ0) is 14.5. The van der Waals surface area contributed by atoms with Crippen LogP contribution in [0.5, 0.6) is 5.75 Å². The van der Waals surface area contributed by atoms with Gasteiger partial charge in [0.2, 0.25) is 0 Å². The fourth-order valence-electron chi connectivity index (χ4n) is 2.01. The molecule has 5 heteroatoms. The van der Waals surface area contributed by atoms with Gasteiger partial charge < -0.3 is 9.64 Å². The van der Waals surface area contributed by atoms with E-state index in [1.807, 2.05) is 36.2 Å². The Morgan fingerprint density at radius 3 is 2.80 bits per heavy atom. The largest absolute Gasteiger partial charge is 0.495 e. The number of rotatable bonds is 6. The maximum atomic E-state index is 11.1. The molecule has 2 aromatic rings. The van der Waals surface area contributed by atoms with Crippen molar-refractivity contribution in [3.05, 3.63) is 34.8 Å². The molecule has 0 atom stereocenters. The van der Waals surface area contributed by atoms with Crippen molar-refractivity contribution in [2.24, 2.45) is 0 Å². The van der Waals surface area contributed by atoms with E-state index in [2.05, 4.69) is 11.9 Å². The first-order valence-electron chi connectivity index (χ1n) is 6.52. The second-order valence-corrected chi connectivity index (χ2v) is 5.42. The van der Waals surface area contributed by atoms with Gasteiger partial charge in [-0.15, -0.1) is 0 Å². The lowest BCUT2D eigenvalue weighted by atomic mass is 10.2. The molecule has 0 aliphatic heterocycles. The average Bonchev–Trinajstić information content (AvgIpc) is 2.90. The van der Waals surface area contributed by atoms with Crippen molar-refractivity contribution < 1.29 is 9.53 Å². The van der Waals surface area contributed by atoms with E-state index in [4.69, 9.17) is 4.74 Å². The molecule has 0 N–H and O–H groups in total. The van der Waals surface area contributed by atoms with Crippen LogP contribution in [-0.4, -0.2) is 25.4 Å². The predicted octanol–water partition coefficient (Wildman–Crippen LogP) is 3.68. The number of benzene rings is 1. The third-order valence-corrected chi connectivity index (χ3v) is 4.14. The van der Waals surface area contributed by atoms with E-state index in [0.29, 0.717) is 4.88 Å². The maximum absolute atomic E-state index is 11.1. The van der Waals surface area contributed by atoms with E-state index in [1.54, 1.807) is 7.11 Å². The number of methoxy groups -OCH3 is 1. The quantitative estimate of drug-likeness (QED) is 0.761. The van der Waals surface area contributed by atoms with Crippen LogP contribution in [0.25, 0.3) is 0 Å². The lowest BCUT2D eigenvalue weighted by molar-refractivity contribution is 0.112. The summed E-state index contributed by atoms with van der Waals surface area (Å²) >= 11 is 1.41. The van der Waals surface area contributed by atoms with Gasteiger partial charge in [0.1, 0.15) is 5.75 Å². The summed E-state index contributed by atoms with van der Waals surface area (Å²) in [6, 6.07) is 7.76. The Balaban J connectivity index is 2.37. The van der Waals surface area contributed by atoms with Crippen molar-refractivity contribution in [3.63, 3.8) is 0 Å². The first-order chi connectivity index (χ1) is 9.71. The second-order valence-electron chi connectivity index (χ2n) is 4.41. The predicted molar refractivity (Wildman–Crippen MR) is 82.6 cm³/mol. The molecule has 0 fully saturated rings. The Kier molecular flexibility index (Phi) is 4.74. The summed E-state index contributed by atoms with van der Waals surface area (Å²) in [7, 11) is 3.58. The normalized spacial score (nSPS) is 10.3. The number of aryl methyl sites for hydroxylation is 1. The van der Waals surface area contributed by atoms with E-state index in [1.165, 1.54) is 11.3 Å². The molecule has 0 saturated heterocycles. The Hall–Kier alpha value is -1.88. The fourth-order valence-corrected chi connectivity index (χ4v) is 2.91. The van der Waals surface area contributed by atoms with Gasteiger partial charge in [-0.1, -0.05) is 36.8 Å². The van der Waals surface area contributed by atoms with Crippen molar-refractivity contribution in [1.29, 1.82) is 0 Å². The average molecular weight is 290 g/mol. The van der Waals surface area contributed by atoms with Gasteiger partial charge in [0.25, 0.3) is 0 Å². The monoisotopic (exact) mass is 290 g/mol. The first kappa shape index (κ1) is 14.5. The number of hydrogen-bond acceptors (Lipinski definition) is 5. The van der Waals surface area contributed by atoms with E-state index >= 15 is 0 Å². The summed E-state index contributed by atoms with van der Waals surface area (Å²) in [6.45, 7) is 2.08. The molecule has 20 heavy (non-hydrogen) atoms. The molecule has 1 aromatic heterocycles. The molecule has 0 spiro atoms. The highest BCUT2D eigenvalue weighted by atomic mass is 32.1. The minimum absolute atomic E-state index is 0.712. The molecule has 0 bridgehead atoms. The standard InChI is InChI=1S/C15H18N2O2S/c1-4-7-11-14(10-18)20-15(16-11)17(2)12-8-5-6-9-13(12)19-3/h5-6,8-10H,4,7H2,1-3H3. The molecule has 0 unspecified atom stereocenters. The summed E-state index contributed by atoms with van der Waals surface area (Å²) in [6.07, 6.45) is 2.69. The van der Waals surface area contributed by atoms with E-state index in [-0.39, 0.29) is 0 Å². The number of hydrogen-bond donors (Lipinski definition) is 0. The Morgan fingerprint density at radius 2 is 2.15 bits per heavy atom. The first-order valence-corrected chi connectivity index (χ1v) is 7.34. The van der Waals surface area contributed by atoms with Crippen LogP contribution in [0, 0.1) is 0 Å². The lowest BCUT2D eigenvalue weighted by Crippen LogP contribution is -2.10. The molecule has 0 amide bonds. The molecular weight excluding hydrogens is 272 g/mol. The number of carbonyl (C=O) groups is 1. The minimum atomic E-state index is 0.712. The topological polar surface area (TPSA) is 42.4 Å². The number of thiazole rings is 1. The van der Waals surface area contributed by atoms with Crippen LogP contribution in [0.1, 0.15) is 28.7 Å². The summed E-state index contributed by atoms with van der Waals surface area (Å²) in [5, 5.41) is 0.806. The highest BCUT2D eigenvalue weighted by Crippen LogP contribution is 2.35. The minimum Gasteiger partial charge on any atom is -0.495 e. The van der Waals surface area contributed by atoms with Gasteiger partial charge in [0, 0.05) is 7.05 Å². The van der Waals surface area contributed by atoms with Gasteiger partial charge >= 0.3 is 0 Å². The van der Waals surface area contributed by atoms with Gasteiger partial charge in [-0.2, -0.15) is 0 Å². The van der Waals surface area contributed by atoms with Gasteiger partial charge in [-0.25, -0.2) is 4.98 Å². The van der Waals surface area contributed by atoms with Crippen molar-refractivity contribution in [1.82, 2.24) is 4.98 Å². The Morgan fingerprint density at radius 1 is 1.40 bits per heavy atom. The summed E-state index contributed by atoms with van der Waals surface area (Å²) in [4.78, 5) is 18.4. The molecule has 4 nitrogen and oxygen atoms in total. The van der Waals surface area contributed by atoms with Crippen LogP contribution in [0.15, 0.2) is 24.3 Å². The smallest absolute Gasteiger partial charge is 0.190 e. The van der Waals surface area contributed by atoms with Crippen LogP contribution < -0.4 is 9.64 Å². The fraction of sp³-hybridized carbons (Fsp3) is 0.333. The van der Waals surface area contributed by atoms with Crippen LogP contribution in [0.4, 0.5) is 10.8 Å². The molecule has 1 heterocycles. The van der Waals surface area contributed by atoms with Gasteiger partial charge in [0.15, 0.2) is 11.4 Å². The molecule has 106 valence electrons. The highest BCUT2D eigenvalue weighted by molar-refractivity contribution is 7.17. The van der Waals surface area contributed by atoms with Gasteiger partial charge in [0.05, 0.1) is 23.4 Å². The van der Waals surface area contributed by atoms with Crippen molar-refractivity contribution in [2.45, 2.75) is 19.8 Å². The number of para-hydroxylation sites is 2. The molecular formula is C15H18N2O2S. The van der Waals surface area contributed by atoms with Crippen LogP contribution in [-0.2, 0) is 6.42 Å². The van der Waals surface area contributed by atoms with E-state index in [0.717, 1.165) is 41.4 Å². The highest BCUT2D eigenvalue weighted by Gasteiger charge is 2.16. The van der Waals surface area contributed by atoms with Crippen molar-refractivity contribution >= 4 is 28.4 Å². The Labute approximate surface area is 123 Å². The summed E-state index contributed by atoms with van der Waals surface area (Å²) in [5.41, 5.74) is 1.81. The van der Waals surface area contributed by atoms with Crippen LogP contribution in [0.3, 0.4) is 0 Å². The molecule has 2 rings (SSSR count). The van der Waals surface area contributed by atoms with Crippen molar-refractivity contribution in [2.75, 3.05) is 19.1 Å². The van der Waals surface area contributed by atoms with Crippen LogP contribution in [0.2, 0.25) is 0 Å². The third-order valence-electron chi connectivity index (χ3n) is 3.04. The SMILES string of the molecule is CCCc1nc(N(C)c2ccccc2OC)sc1C=O. The molecule has 0 radical (unpaired) electrons. The third kappa shape index (κ3) is 2.82. The molecule has 0 saturated carbocycles. The zero-order valence-corrected chi connectivity index (χ0v) is 12.7. The van der Waals surface area contributed by atoms with Crippen molar-refractivity contribution in [3.8, 4) is 5.75 Å². The summed E-state index contributed by atoms with van der Waals surface area (Å²) < 4.78 is 5.36. The van der Waals surface area contributed by atoms with Crippen LogP contribution >= 0.6 is 11.3 Å². The lowest BCUT2D eigenvalue weighted by Gasteiger charge is -2.18. The molecule has 0 aliphatic carbocycles. The second kappa shape index (κ2) is 6.52. The number of nitrogens with zero attached hydrogens (tertiary/aromatic N) is 2. The molecule has 1 aromatic carbocycles. The number of carbonyl (C=O) groups excluding carboxylic acids is 1. The van der Waals surface area contributed by atoms with Gasteiger partial charge in [-0.05, 0) is 18.6 Å². The number of aldehydes is 1. The zero-order valence-electron chi connectivity index (χ0n) is 11.9.